The van der Waals surface area contributed by atoms with E-state index in [9.17, 15) is 10.1 Å². The van der Waals surface area contributed by atoms with Crippen molar-refractivity contribution in [3.8, 4) is 5.75 Å². The fourth-order valence-electron chi connectivity index (χ4n) is 1.94. The molecule has 0 aliphatic rings. The van der Waals surface area contributed by atoms with E-state index in [0.717, 1.165) is 22.4 Å². The van der Waals surface area contributed by atoms with E-state index in [1.165, 1.54) is 12.1 Å². The SMILES string of the molecule is Cc1cc(C)cc(OCc2cccc([N+](=O)[O-])c2)c1. The van der Waals surface area contributed by atoms with Gasteiger partial charge in [0, 0.05) is 12.1 Å². The summed E-state index contributed by atoms with van der Waals surface area (Å²) in [6.45, 7) is 4.34. The highest BCUT2D eigenvalue weighted by molar-refractivity contribution is 5.35. The molecule has 0 aliphatic heterocycles. The molecule has 4 nitrogen and oxygen atoms in total. The van der Waals surface area contributed by atoms with Crippen LogP contribution < -0.4 is 4.74 Å². The third-order valence-electron chi connectivity index (χ3n) is 2.72. The minimum atomic E-state index is -0.402. The first-order chi connectivity index (χ1) is 9.04. The maximum atomic E-state index is 10.7. The Balaban J connectivity index is 2.10. The molecule has 2 aromatic rings. The molecule has 0 aromatic heterocycles. The van der Waals surface area contributed by atoms with Gasteiger partial charge in [0.15, 0.2) is 0 Å². The van der Waals surface area contributed by atoms with Crippen LogP contribution in [0.5, 0.6) is 5.75 Å². The van der Waals surface area contributed by atoms with E-state index in [2.05, 4.69) is 6.07 Å². The molecule has 0 atom stereocenters. The van der Waals surface area contributed by atoms with Gasteiger partial charge in [-0.3, -0.25) is 10.1 Å². The van der Waals surface area contributed by atoms with Crippen LogP contribution in [0.3, 0.4) is 0 Å². The number of nitro benzene ring substituents is 1. The predicted octanol–water partition coefficient (Wildman–Crippen LogP) is 3.79. The van der Waals surface area contributed by atoms with Crippen LogP contribution >= 0.6 is 0 Å². The maximum absolute atomic E-state index is 10.7. The third kappa shape index (κ3) is 3.55. The second-order valence-electron chi connectivity index (χ2n) is 4.54. The van der Waals surface area contributed by atoms with Gasteiger partial charge in [0.2, 0.25) is 0 Å². The van der Waals surface area contributed by atoms with Gasteiger partial charge < -0.3 is 4.74 Å². The lowest BCUT2D eigenvalue weighted by atomic mass is 10.1. The molecule has 98 valence electrons. The summed E-state index contributed by atoms with van der Waals surface area (Å²) in [5.74, 6) is 0.781. The van der Waals surface area contributed by atoms with Crippen molar-refractivity contribution >= 4 is 5.69 Å². The fraction of sp³-hybridized carbons (Fsp3) is 0.200. The van der Waals surface area contributed by atoms with Crippen molar-refractivity contribution < 1.29 is 9.66 Å². The van der Waals surface area contributed by atoms with Crippen molar-refractivity contribution in [3.63, 3.8) is 0 Å². The number of rotatable bonds is 4. The van der Waals surface area contributed by atoms with E-state index in [4.69, 9.17) is 4.74 Å². The highest BCUT2D eigenvalue weighted by Crippen LogP contribution is 2.19. The van der Waals surface area contributed by atoms with Crippen LogP contribution in [-0.4, -0.2) is 4.92 Å². The summed E-state index contributed by atoms with van der Waals surface area (Å²) < 4.78 is 5.67. The van der Waals surface area contributed by atoms with E-state index in [-0.39, 0.29) is 5.69 Å². The summed E-state index contributed by atoms with van der Waals surface area (Å²) in [6.07, 6.45) is 0. The van der Waals surface area contributed by atoms with E-state index in [1.54, 1.807) is 6.07 Å². The van der Waals surface area contributed by atoms with Gasteiger partial charge in [-0.05, 0) is 42.7 Å². The second-order valence-corrected chi connectivity index (χ2v) is 4.54. The molecule has 0 bridgehead atoms. The van der Waals surface area contributed by atoms with Crippen molar-refractivity contribution in [2.75, 3.05) is 0 Å². The van der Waals surface area contributed by atoms with Crippen LogP contribution in [0, 0.1) is 24.0 Å². The van der Waals surface area contributed by atoms with Gasteiger partial charge in [0.05, 0.1) is 4.92 Å². The number of nitro groups is 1. The third-order valence-corrected chi connectivity index (χ3v) is 2.72. The number of hydrogen-bond donors (Lipinski definition) is 0. The summed E-state index contributed by atoms with van der Waals surface area (Å²) in [6, 6.07) is 12.5. The van der Waals surface area contributed by atoms with Gasteiger partial charge in [-0.2, -0.15) is 0 Å². The van der Waals surface area contributed by atoms with Gasteiger partial charge in [-0.15, -0.1) is 0 Å². The smallest absolute Gasteiger partial charge is 0.269 e. The van der Waals surface area contributed by atoms with Gasteiger partial charge in [0.25, 0.3) is 5.69 Å². The standard InChI is InChI=1S/C15H15NO3/c1-11-6-12(2)8-15(7-11)19-10-13-4-3-5-14(9-13)16(17)18/h3-9H,10H2,1-2H3. The summed E-state index contributed by atoms with van der Waals surface area (Å²) in [7, 11) is 0. The molecule has 0 aliphatic carbocycles. The first kappa shape index (κ1) is 13.1. The Morgan fingerprint density at radius 1 is 1.11 bits per heavy atom. The highest BCUT2D eigenvalue weighted by Gasteiger charge is 2.06. The monoisotopic (exact) mass is 257 g/mol. The van der Waals surface area contributed by atoms with Crippen LogP contribution in [0.2, 0.25) is 0 Å². The molecule has 0 unspecified atom stereocenters. The molecule has 0 spiro atoms. The summed E-state index contributed by atoms with van der Waals surface area (Å²) >= 11 is 0. The van der Waals surface area contributed by atoms with E-state index < -0.39 is 4.92 Å². The molecular formula is C15H15NO3. The Labute approximate surface area is 111 Å². The molecule has 0 saturated carbocycles. The van der Waals surface area contributed by atoms with E-state index in [1.807, 2.05) is 32.0 Å². The zero-order valence-electron chi connectivity index (χ0n) is 10.9. The summed E-state index contributed by atoms with van der Waals surface area (Å²) in [4.78, 5) is 10.3. The molecule has 0 heterocycles. The van der Waals surface area contributed by atoms with Gasteiger partial charge in [0.1, 0.15) is 12.4 Å². The molecule has 19 heavy (non-hydrogen) atoms. The Morgan fingerprint density at radius 2 is 1.79 bits per heavy atom. The Bertz CT molecular complexity index is 588. The number of hydrogen-bond acceptors (Lipinski definition) is 3. The average molecular weight is 257 g/mol. The lowest BCUT2D eigenvalue weighted by molar-refractivity contribution is -0.384. The Hall–Kier alpha value is -2.36. The average Bonchev–Trinajstić information content (AvgIpc) is 2.35. The zero-order valence-corrected chi connectivity index (χ0v) is 10.9. The lowest BCUT2D eigenvalue weighted by Gasteiger charge is -2.08. The normalized spacial score (nSPS) is 10.2. The highest BCUT2D eigenvalue weighted by atomic mass is 16.6. The first-order valence-corrected chi connectivity index (χ1v) is 5.99. The van der Waals surface area contributed by atoms with E-state index >= 15 is 0 Å². The summed E-state index contributed by atoms with van der Waals surface area (Å²) in [5, 5.41) is 10.7. The molecule has 0 fully saturated rings. The number of benzene rings is 2. The molecule has 4 heteroatoms. The maximum Gasteiger partial charge on any atom is 0.269 e. The van der Waals surface area contributed by atoms with Crippen LogP contribution in [-0.2, 0) is 6.61 Å². The molecule has 0 saturated heterocycles. The molecule has 0 amide bonds. The van der Waals surface area contributed by atoms with Crippen molar-refractivity contribution in [1.29, 1.82) is 0 Å². The first-order valence-electron chi connectivity index (χ1n) is 5.99. The second kappa shape index (κ2) is 5.52. The number of aryl methyl sites for hydroxylation is 2. The number of nitrogens with zero attached hydrogens (tertiary/aromatic N) is 1. The van der Waals surface area contributed by atoms with Gasteiger partial charge >= 0.3 is 0 Å². The van der Waals surface area contributed by atoms with Crippen molar-refractivity contribution in [1.82, 2.24) is 0 Å². The number of ether oxygens (including phenoxy) is 1. The molecule has 0 N–H and O–H groups in total. The van der Waals surface area contributed by atoms with Crippen LogP contribution in [0.15, 0.2) is 42.5 Å². The minimum absolute atomic E-state index is 0.0847. The Morgan fingerprint density at radius 3 is 2.42 bits per heavy atom. The van der Waals surface area contributed by atoms with Crippen LogP contribution in [0.4, 0.5) is 5.69 Å². The zero-order chi connectivity index (χ0) is 13.8. The van der Waals surface area contributed by atoms with Gasteiger partial charge in [-0.25, -0.2) is 0 Å². The van der Waals surface area contributed by atoms with Crippen LogP contribution in [0.1, 0.15) is 16.7 Å². The predicted molar refractivity (Wildman–Crippen MR) is 73.3 cm³/mol. The largest absolute Gasteiger partial charge is 0.489 e. The fourth-order valence-corrected chi connectivity index (χ4v) is 1.94. The molecule has 2 rings (SSSR count). The Kier molecular flexibility index (Phi) is 3.80. The van der Waals surface area contributed by atoms with Gasteiger partial charge in [-0.1, -0.05) is 18.2 Å². The molecule has 2 aromatic carbocycles. The quantitative estimate of drug-likeness (QED) is 0.618. The van der Waals surface area contributed by atoms with E-state index in [0.29, 0.717) is 6.61 Å². The molecular weight excluding hydrogens is 242 g/mol. The molecule has 0 radical (unpaired) electrons. The lowest BCUT2D eigenvalue weighted by Crippen LogP contribution is -1.97. The minimum Gasteiger partial charge on any atom is -0.489 e. The van der Waals surface area contributed by atoms with Crippen molar-refractivity contribution in [3.05, 3.63) is 69.3 Å². The number of non-ortho nitro benzene ring substituents is 1. The summed E-state index contributed by atoms with van der Waals surface area (Å²) in [5.41, 5.74) is 3.14. The van der Waals surface area contributed by atoms with Crippen LogP contribution in [0.25, 0.3) is 0 Å². The topological polar surface area (TPSA) is 52.4 Å². The van der Waals surface area contributed by atoms with Crippen molar-refractivity contribution in [2.45, 2.75) is 20.5 Å². The van der Waals surface area contributed by atoms with Crippen molar-refractivity contribution in [2.24, 2.45) is 0 Å².